The van der Waals surface area contributed by atoms with E-state index in [1.807, 2.05) is 0 Å². The monoisotopic (exact) mass is 284 g/mol. The van der Waals surface area contributed by atoms with Gasteiger partial charge in [-0.2, -0.15) is 0 Å². The van der Waals surface area contributed by atoms with Gasteiger partial charge in [0.2, 0.25) is 0 Å². The standard InChI is InChI=1S/C14H15F3N2O/c15-9-4-10(16)13(11(17)5-9)14(20)19-3-1-2-8-6-18-7-12(8)19/h4-5,8,12,18H,1-3,6-7H2. The van der Waals surface area contributed by atoms with Crippen LogP contribution in [0, 0.1) is 23.4 Å². The quantitative estimate of drug-likeness (QED) is 0.854. The summed E-state index contributed by atoms with van der Waals surface area (Å²) in [6.45, 7) is 1.95. The van der Waals surface area contributed by atoms with Crippen molar-refractivity contribution in [3.05, 3.63) is 35.1 Å². The summed E-state index contributed by atoms with van der Waals surface area (Å²) >= 11 is 0. The molecule has 2 aliphatic heterocycles. The Balaban J connectivity index is 1.92. The molecule has 0 radical (unpaired) electrons. The smallest absolute Gasteiger partial charge is 0.260 e. The zero-order valence-electron chi connectivity index (χ0n) is 10.8. The minimum absolute atomic E-state index is 0.0277. The highest BCUT2D eigenvalue weighted by Crippen LogP contribution is 2.29. The van der Waals surface area contributed by atoms with E-state index in [1.165, 1.54) is 4.90 Å². The maximum Gasteiger partial charge on any atom is 0.260 e. The van der Waals surface area contributed by atoms with Crippen molar-refractivity contribution in [2.75, 3.05) is 19.6 Å². The van der Waals surface area contributed by atoms with Crippen molar-refractivity contribution in [3.8, 4) is 0 Å². The van der Waals surface area contributed by atoms with Gasteiger partial charge in [0.05, 0.1) is 0 Å². The van der Waals surface area contributed by atoms with E-state index >= 15 is 0 Å². The Morgan fingerprint density at radius 3 is 2.60 bits per heavy atom. The molecule has 0 aliphatic carbocycles. The summed E-state index contributed by atoms with van der Waals surface area (Å²) in [5.41, 5.74) is -0.654. The van der Waals surface area contributed by atoms with Gasteiger partial charge in [-0.3, -0.25) is 4.79 Å². The third kappa shape index (κ3) is 2.18. The van der Waals surface area contributed by atoms with Gasteiger partial charge in [0, 0.05) is 37.8 Å². The molecule has 2 heterocycles. The minimum Gasteiger partial charge on any atom is -0.334 e. The van der Waals surface area contributed by atoms with Gasteiger partial charge in [-0.15, -0.1) is 0 Å². The molecule has 2 aliphatic rings. The lowest BCUT2D eigenvalue weighted by Crippen LogP contribution is -2.48. The number of nitrogens with one attached hydrogen (secondary N) is 1. The molecule has 6 heteroatoms. The molecule has 0 aromatic heterocycles. The van der Waals surface area contributed by atoms with Gasteiger partial charge < -0.3 is 10.2 Å². The van der Waals surface area contributed by atoms with E-state index in [4.69, 9.17) is 0 Å². The Morgan fingerprint density at radius 1 is 1.20 bits per heavy atom. The summed E-state index contributed by atoms with van der Waals surface area (Å²) < 4.78 is 40.3. The highest BCUT2D eigenvalue weighted by atomic mass is 19.1. The number of likely N-dealkylation sites (tertiary alicyclic amines) is 1. The summed E-state index contributed by atoms with van der Waals surface area (Å²) in [7, 11) is 0. The van der Waals surface area contributed by atoms with Gasteiger partial charge in [0.1, 0.15) is 23.0 Å². The topological polar surface area (TPSA) is 32.3 Å². The van der Waals surface area contributed by atoms with Gasteiger partial charge in [0.25, 0.3) is 5.91 Å². The molecule has 0 saturated carbocycles. The molecule has 1 N–H and O–H groups in total. The van der Waals surface area contributed by atoms with Gasteiger partial charge in [-0.05, 0) is 18.8 Å². The normalized spacial score (nSPS) is 25.6. The van der Waals surface area contributed by atoms with Crippen molar-refractivity contribution in [3.63, 3.8) is 0 Å². The summed E-state index contributed by atoms with van der Waals surface area (Å²) in [6, 6.07) is 1.06. The average Bonchev–Trinajstić information content (AvgIpc) is 2.85. The predicted octanol–water partition coefficient (Wildman–Crippen LogP) is 1.93. The second kappa shape index (κ2) is 5.09. The first kappa shape index (κ1) is 13.4. The highest BCUT2D eigenvalue weighted by molar-refractivity contribution is 5.95. The first-order chi connectivity index (χ1) is 9.58. The number of halogens is 3. The molecule has 0 spiro atoms. The molecule has 1 aromatic rings. The van der Waals surface area contributed by atoms with Gasteiger partial charge in [-0.25, -0.2) is 13.2 Å². The summed E-state index contributed by atoms with van der Waals surface area (Å²) in [6.07, 6.45) is 1.83. The second-order valence-corrected chi connectivity index (χ2v) is 5.37. The number of hydrogen-bond acceptors (Lipinski definition) is 2. The molecular weight excluding hydrogens is 269 g/mol. The van der Waals surface area contributed by atoms with Gasteiger partial charge >= 0.3 is 0 Å². The van der Waals surface area contributed by atoms with E-state index in [1.54, 1.807) is 0 Å². The molecule has 3 rings (SSSR count). The molecule has 2 unspecified atom stereocenters. The Kier molecular flexibility index (Phi) is 3.41. The molecule has 0 bridgehead atoms. The third-order valence-corrected chi connectivity index (χ3v) is 4.16. The van der Waals surface area contributed by atoms with Crippen LogP contribution < -0.4 is 5.32 Å². The number of carbonyl (C=O) groups is 1. The molecular formula is C14H15F3N2O. The fraction of sp³-hybridized carbons (Fsp3) is 0.500. The van der Waals surface area contributed by atoms with Gasteiger partial charge in [0.15, 0.2) is 0 Å². The number of amides is 1. The SMILES string of the molecule is O=C(c1c(F)cc(F)cc1F)N1CCCC2CNCC21. The lowest BCUT2D eigenvalue weighted by molar-refractivity contribution is 0.0564. The van der Waals surface area contributed by atoms with Crippen LogP contribution in [-0.2, 0) is 0 Å². The lowest BCUT2D eigenvalue weighted by atomic mass is 9.91. The Bertz CT molecular complexity index is 526. The fourth-order valence-electron chi connectivity index (χ4n) is 3.21. The summed E-state index contributed by atoms with van der Waals surface area (Å²) in [5.74, 6) is -3.64. The van der Waals surface area contributed by atoms with Gasteiger partial charge in [-0.1, -0.05) is 0 Å². The summed E-state index contributed by atoms with van der Waals surface area (Å²) in [4.78, 5) is 13.9. The number of hydrogen-bond donors (Lipinski definition) is 1. The maximum atomic E-state index is 13.7. The number of benzene rings is 1. The Hall–Kier alpha value is -1.56. The Morgan fingerprint density at radius 2 is 1.90 bits per heavy atom. The number of nitrogens with zero attached hydrogens (tertiary/aromatic N) is 1. The van der Waals surface area contributed by atoms with E-state index in [0.29, 0.717) is 31.1 Å². The second-order valence-electron chi connectivity index (χ2n) is 5.37. The van der Waals surface area contributed by atoms with E-state index in [9.17, 15) is 18.0 Å². The highest BCUT2D eigenvalue weighted by Gasteiger charge is 2.39. The molecule has 2 saturated heterocycles. The van der Waals surface area contributed by atoms with E-state index in [2.05, 4.69) is 5.32 Å². The number of rotatable bonds is 1. The van der Waals surface area contributed by atoms with E-state index in [0.717, 1.165) is 19.4 Å². The minimum atomic E-state index is -1.14. The lowest BCUT2D eigenvalue weighted by Gasteiger charge is -2.37. The first-order valence-corrected chi connectivity index (χ1v) is 6.74. The van der Waals surface area contributed by atoms with Crippen LogP contribution in [0.1, 0.15) is 23.2 Å². The first-order valence-electron chi connectivity index (χ1n) is 6.74. The van der Waals surface area contributed by atoms with Crippen LogP contribution in [0.4, 0.5) is 13.2 Å². The van der Waals surface area contributed by atoms with Crippen molar-refractivity contribution in [1.29, 1.82) is 0 Å². The molecule has 1 amide bonds. The van der Waals surface area contributed by atoms with Crippen LogP contribution >= 0.6 is 0 Å². The predicted molar refractivity (Wildman–Crippen MR) is 66.7 cm³/mol. The molecule has 1 aromatic carbocycles. The Labute approximate surface area is 114 Å². The van der Waals surface area contributed by atoms with Crippen molar-refractivity contribution in [2.24, 2.45) is 5.92 Å². The average molecular weight is 284 g/mol. The van der Waals surface area contributed by atoms with Crippen LogP contribution in [0.5, 0.6) is 0 Å². The van der Waals surface area contributed by atoms with Crippen LogP contribution in [0.25, 0.3) is 0 Å². The molecule has 108 valence electrons. The van der Waals surface area contributed by atoms with Crippen molar-refractivity contribution < 1.29 is 18.0 Å². The maximum absolute atomic E-state index is 13.7. The number of piperidine rings is 1. The zero-order valence-corrected chi connectivity index (χ0v) is 10.8. The largest absolute Gasteiger partial charge is 0.334 e. The van der Waals surface area contributed by atoms with Crippen molar-refractivity contribution in [2.45, 2.75) is 18.9 Å². The van der Waals surface area contributed by atoms with Crippen LogP contribution in [0.3, 0.4) is 0 Å². The zero-order chi connectivity index (χ0) is 14.3. The van der Waals surface area contributed by atoms with E-state index in [-0.39, 0.29) is 6.04 Å². The third-order valence-electron chi connectivity index (χ3n) is 4.16. The molecule has 3 nitrogen and oxygen atoms in total. The van der Waals surface area contributed by atoms with Crippen LogP contribution in [0.2, 0.25) is 0 Å². The number of fused-ring (bicyclic) bond motifs is 1. The van der Waals surface area contributed by atoms with E-state index < -0.39 is 28.9 Å². The fourth-order valence-corrected chi connectivity index (χ4v) is 3.21. The van der Waals surface area contributed by atoms with Crippen LogP contribution in [-0.4, -0.2) is 36.5 Å². The van der Waals surface area contributed by atoms with Crippen molar-refractivity contribution >= 4 is 5.91 Å². The molecule has 2 atom stereocenters. The van der Waals surface area contributed by atoms with Crippen molar-refractivity contribution in [1.82, 2.24) is 10.2 Å². The number of carbonyl (C=O) groups excluding carboxylic acids is 1. The molecule has 20 heavy (non-hydrogen) atoms. The molecule has 2 fully saturated rings. The van der Waals surface area contributed by atoms with Crippen LogP contribution in [0.15, 0.2) is 12.1 Å². The summed E-state index contributed by atoms with van der Waals surface area (Å²) in [5, 5.41) is 3.20.